The van der Waals surface area contributed by atoms with Crippen molar-refractivity contribution in [3.8, 4) is 0 Å². The lowest BCUT2D eigenvalue weighted by Gasteiger charge is -2.42. The summed E-state index contributed by atoms with van der Waals surface area (Å²) < 4.78 is 5.48. The molecular weight excluding hydrogens is 234 g/mol. The Morgan fingerprint density at radius 3 is 2.16 bits per heavy atom. The fraction of sp³-hybridized carbons (Fsp3) is 1.00. The Morgan fingerprint density at radius 1 is 1.00 bits per heavy atom. The number of rotatable bonds is 3. The van der Waals surface area contributed by atoms with E-state index in [9.17, 15) is 0 Å². The van der Waals surface area contributed by atoms with Gasteiger partial charge in [-0.05, 0) is 61.7 Å². The van der Waals surface area contributed by atoms with E-state index < -0.39 is 0 Å². The van der Waals surface area contributed by atoms with Gasteiger partial charge in [0.2, 0.25) is 0 Å². The van der Waals surface area contributed by atoms with Crippen LogP contribution >= 0.6 is 0 Å². The zero-order valence-corrected chi connectivity index (χ0v) is 13.2. The maximum Gasteiger partial charge on any atom is 0.0572 e. The second kappa shape index (κ2) is 4.73. The fourth-order valence-electron chi connectivity index (χ4n) is 5.21. The third kappa shape index (κ3) is 2.06. The molecule has 0 amide bonds. The summed E-state index contributed by atoms with van der Waals surface area (Å²) in [6.07, 6.45) is 9.90. The number of ether oxygens (including phenoxy) is 1. The van der Waals surface area contributed by atoms with Crippen LogP contribution in [-0.2, 0) is 4.74 Å². The van der Waals surface area contributed by atoms with E-state index in [0.29, 0.717) is 16.9 Å². The summed E-state index contributed by atoms with van der Waals surface area (Å²) in [6, 6.07) is 1.49. The van der Waals surface area contributed by atoms with Crippen LogP contribution < -0.4 is 5.32 Å². The summed E-state index contributed by atoms with van der Waals surface area (Å²) in [5.41, 5.74) is 1.06. The first kappa shape index (κ1) is 13.9. The van der Waals surface area contributed by atoms with Crippen LogP contribution in [0.15, 0.2) is 0 Å². The van der Waals surface area contributed by atoms with Gasteiger partial charge in [-0.1, -0.05) is 20.8 Å². The number of nitrogens with one attached hydrogen (secondary N) is 1. The van der Waals surface area contributed by atoms with Gasteiger partial charge in [-0.15, -0.1) is 0 Å². The number of hydrogen-bond donors (Lipinski definition) is 1. The lowest BCUT2D eigenvalue weighted by molar-refractivity contribution is 0.0538. The highest BCUT2D eigenvalue weighted by Gasteiger charge is 2.61. The van der Waals surface area contributed by atoms with Crippen molar-refractivity contribution in [3.63, 3.8) is 0 Å². The number of fused-ring (bicyclic) bond motifs is 2. The first-order valence-electron chi connectivity index (χ1n) is 8.26. The van der Waals surface area contributed by atoms with Gasteiger partial charge in [-0.2, -0.15) is 0 Å². The third-order valence-electron chi connectivity index (χ3n) is 7.24. The van der Waals surface area contributed by atoms with E-state index in [0.717, 1.165) is 18.0 Å². The van der Waals surface area contributed by atoms with Gasteiger partial charge in [0.15, 0.2) is 0 Å². The molecule has 2 nitrogen and oxygen atoms in total. The molecule has 2 heteroatoms. The Morgan fingerprint density at radius 2 is 1.68 bits per heavy atom. The van der Waals surface area contributed by atoms with Crippen molar-refractivity contribution in [3.05, 3.63) is 0 Å². The molecule has 3 aliphatic rings. The van der Waals surface area contributed by atoms with E-state index in [1.54, 1.807) is 0 Å². The quantitative estimate of drug-likeness (QED) is 0.839. The molecular formula is C17H31NO. The predicted molar refractivity (Wildman–Crippen MR) is 79.2 cm³/mol. The van der Waals surface area contributed by atoms with Crippen LogP contribution in [0.25, 0.3) is 0 Å². The molecule has 2 bridgehead atoms. The van der Waals surface area contributed by atoms with Gasteiger partial charge in [0.05, 0.1) is 6.10 Å². The van der Waals surface area contributed by atoms with E-state index >= 15 is 0 Å². The van der Waals surface area contributed by atoms with Gasteiger partial charge in [0.25, 0.3) is 0 Å². The van der Waals surface area contributed by atoms with Crippen molar-refractivity contribution >= 4 is 0 Å². The van der Waals surface area contributed by atoms with E-state index in [1.807, 2.05) is 7.11 Å². The Balaban J connectivity index is 1.60. The Kier molecular flexibility index (Phi) is 3.46. The van der Waals surface area contributed by atoms with Gasteiger partial charge in [0, 0.05) is 19.2 Å². The highest BCUT2D eigenvalue weighted by atomic mass is 16.5. The second-order valence-electron chi connectivity index (χ2n) is 8.04. The zero-order chi connectivity index (χ0) is 13.7. The normalized spacial score (nSPS) is 48.6. The van der Waals surface area contributed by atoms with Crippen molar-refractivity contribution in [2.24, 2.45) is 16.7 Å². The standard InChI is InChI=1S/C17H31NO/c1-16(2)12-9-10-17(16,3)15(11-12)18-13-5-7-14(19-4)8-6-13/h12-15,18H,5-11H2,1-4H3. The second-order valence-corrected chi connectivity index (χ2v) is 8.04. The minimum atomic E-state index is 0.519. The summed E-state index contributed by atoms with van der Waals surface area (Å²) in [7, 11) is 1.86. The molecule has 0 aromatic rings. The SMILES string of the molecule is COC1CCC(NC2CC3CCC2(C)C3(C)C)CC1. The third-order valence-corrected chi connectivity index (χ3v) is 7.24. The molecule has 19 heavy (non-hydrogen) atoms. The van der Waals surface area contributed by atoms with E-state index in [2.05, 4.69) is 26.1 Å². The summed E-state index contributed by atoms with van der Waals surface area (Å²) >= 11 is 0. The van der Waals surface area contributed by atoms with Gasteiger partial charge in [0.1, 0.15) is 0 Å². The lowest BCUT2D eigenvalue weighted by Crippen LogP contribution is -2.49. The maximum atomic E-state index is 5.48. The first-order chi connectivity index (χ1) is 8.97. The Bertz CT molecular complexity index is 332. The summed E-state index contributed by atoms with van der Waals surface area (Å²) in [5, 5.41) is 4.03. The van der Waals surface area contributed by atoms with E-state index in [-0.39, 0.29) is 0 Å². The summed E-state index contributed by atoms with van der Waals surface area (Å²) in [4.78, 5) is 0. The highest BCUT2D eigenvalue weighted by Crippen LogP contribution is 2.65. The molecule has 0 heterocycles. The summed E-state index contributed by atoms with van der Waals surface area (Å²) in [6.45, 7) is 7.56. The monoisotopic (exact) mass is 265 g/mol. The average Bonchev–Trinajstić information content (AvgIpc) is 2.73. The zero-order valence-electron chi connectivity index (χ0n) is 13.2. The molecule has 0 aromatic heterocycles. The average molecular weight is 265 g/mol. The van der Waals surface area contributed by atoms with Crippen molar-refractivity contribution in [1.82, 2.24) is 5.32 Å². The van der Waals surface area contributed by atoms with Crippen molar-refractivity contribution in [1.29, 1.82) is 0 Å². The largest absolute Gasteiger partial charge is 0.381 e. The molecule has 0 aliphatic heterocycles. The van der Waals surface area contributed by atoms with Crippen molar-refractivity contribution < 1.29 is 4.74 Å². The van der Waals surface area contributed by atoms with Crippen LogP contribution in [0.5, 0.6) is 0 Å². The van der Waals surface area contributed by atoms with Gasteiger partial charge >= 0.3 is 0 Å². The fourth-order valence-corrected chi connectivity index (χ4v) is 5.21. The maximum absolute atomic E-state index is 5.48. The molecule has 0 radical (unpaired) electrons. The molecule has 3 saturated carbocycles. The molecule has 110 valence electrons. The van der Waals surface area contributed by atoms with E-state index in [1.165, 1.54) is 44.9 Å². The van der Waals surface area contributed by atoms with E-state index in [4.69, 9.17) is 4.74 Å². The Labute approximate surface area is 118 Å². The van der Waals surface area contributed by atoms with Gasteiger partial charge in [-0.3, -0.25) is 0 Å². The van der Waals surface area contributed by atoms with Crippen LogP contribution in [0.1, 0.15) is 65.7 Å². The number of hydrogen-bond acceptors (Lipinski definition) is 2. The Hall–Kier alpha value is -0.0800. The molecule has 3 unspecified atom stereocenters. The highest BCUT2D eigenvalue weighted by molar-refractivity contribution is 5.13. The van der Waals surface area contributed by atoms with Crippen molar-refractivity contribution in [2.45, 2.75) is 83.9 Å². The number of methoxy groups -OCH3 is 1. The first-order valence-corrected chi connectivity index (χ1v) is 8.26. The molecule has 0 saturated heterocycles. The molecule has 0 aromatic carbocycles. The molecule has 1 N–H and O–H groups in total. The lowest BCUT2D eigenvalue weighted by atomic mass is 9.69. The minimum absolute atomic E-state index is 0.519. The molecule has 3 fully saturated rings. The van der Waals surface area contributed by atoms with Crippen LogP contribution in [-0.4, -0.2) is 25.3 Å². The van der Waals surface area contributed by atoms with Crippen molar-refractivity contribution in [2.75, 3.05) is 7.11 Å². The van der Waals surface area contributed by atoms with Crippen LogP contribution in [0, 0.1) is 16.7 Å². The van der Waals surface area contributed by atoms with Crippen LogP contribution in [0.2, 0.25) is 0 Å². The van der Waals surface area contributed by atoms with Crippen LogP contribution in [0.4, 0.5) is 0 Å². The molecule has 3 atom stereocenters. The summed E-state index contributed by atoms with van der Waals surface area (Å²) in [5.74, 6) is 0.949. The molecule has 3 aliphatic carbocycles. The smallest absolute Gasteiger partial charge is 0.0572 e. The minimum Gasteiger partial charge on any atom is -0.381 e. The predicted octanol–water partition coefficient (Wildman–Crippen LogP) is 3.75. The molecule has 0 spiro atoms. The van der Waals surface area contributed by atoms with Crippen LogP contribution in [0.3, 0.4) is 0 Å². The van der Waals surface area contributed by atoms with Gasteiger partial charge < -0.3 is 10.1 Å². The topological polar surface area (TPSA) is 21.3 Å². The molecule has 3 rings (SSSR count). The van der Waals surface area contributed by atoms with Gasteiger partial charge in [-0.25, -0.2) is 0 Å².